The van der Waals surface area contributed by atoms with E-state index < -0.39 is 11.9 Å². The smallest absolute Gasteiger partial charge is 0.325 e. The Morgan fingerprint density at radius 2 is 1.95 bits per heavy atom. The number of amides is 2. The third-order valence-corrected chi connectivity index (χ3v) is 3.16. The summed E-state index contributed by atoms with van der Waals surface area (Å²) >= 11 is 0. The average Bonchev–Trinajstić information content (AvgIpc) is 2.29. The van der Waals surface area contributed by atoms with E-state index in [9.17, 15) is 14.4 Å². The lowest BCUT2D eigenvalue weighted by molar-refractivity contribution is -0.144. The van der Waals surface area contributed by atoms with Crippen LogP contribution in [0.1, 0.15) is 27.2 Å². The van der Waals surface area contributed by atoms with E-state index in [1.54, 1.807) is 11.8 Å². The molecule has 114 valence electrons. The SMILES string of the molecule is CCOC(=O)CN(C(=O)N1CC(CC(=O)O)C1)C(C)C. The molecule has 1 rings (SSSR count). The Morgan fingerprint density at radius 1 is 1.35 bits per heavy atom. The van der Waals surface area contributed by atoms with Crippen molar-refractivity contribution in [2.24, 2.45) is 5.92 Å². The predicted molar refractivity (Wildman–Crippen MR) is 71.2 cm³/mol. The van der Waals surface area contributed by atoms with Crippen LogP contribution < -0.4 is 0 Å². The Bertz CT molecular complexity index is 377. The number of esters is 1. The molecule has 1 aliphatic rings. The van der Waals surface area contributed by atoms with Crippen LogP contribution in [0.4, 0.5) is 4.79 Å². The van der Waals surface area contributed by atoms with Gasteiger partial charge >= 0.3 is 18.0 Å². The number of aliphatic carboxylic acids is 1. The standard InChI is InChI=1S/C13H22N2O5/c1-4-20-12(18)8-15(9(2)3)13(19)14-6-10(7-14)5-11(16)17/h9-10H,4-8H2,1-3H3,(H,16,17). The highest BCUT2D eigenvalue weighted by Gasteiger charge is 2.35. The molecule has 0 spiro atoms. The van der Waals surface area contributed by atoms with Crippen LogP contribution in [0.2, 0.25) is 0 Å². The van der Waals surface area contributed by atoms with Crippen molar-refractivity contribution in [3.8, 4) is 0 Å². The third-order valence-electron chi connectivity index (χ3n) is 3.16. The van der Waals surface area contributed by atoms with Crippen molar-refractivity contribution in [3.05, 3.63) is 0 Å². The molecule has 1 heterocycles. The lowest BCUT2D eigenvalue weighted by Gasteiger charge is -2.42. The minimum Gasteiger partial charge on any atom is -0.481 e. The van der Waals surface area contributed by atoms with Gasteiger partial charge in [0.25, 0.3) is 0 Å². The molecule has 2 amide bonds. The number of hydrogen-bond acceptors (Lipinski definition) is 4. The van der Waals surface area contributed by atoms with Crippen molar-refractivity contribution < 1.29 is 24.2 Å². The van der Waals surface area contributed by atoms with Crippen LogP contribution in [0.5, 0.6) is 0 Å². The first-order valence-electron chi connectivity index (χ1n) is 6.78. The van der Waals surface area contributed by atoms with Gasteiger partial charge in [-0.3, -0.25) is 9.59 Å². The van der Waals surface area contributed by atoms with Crippen LogP contribution in [0.3, 0.4) is 0 Å². The van der Waals surface area contributed by atoms with Gasteiger partial charge in [0.05, 0.1) is 13.0 Å². The molecule has 0 unspecified atom stereocenters. The molecule has 7 nitrogen and oxygen atoms in total. The number of urea groups is 1. The van der Waals surface area contributed by atoms with E-state index in [1.807, 2.05) is 13.8 Å². The molecule has 1 fully saturated rings. The van der Waals surface area contributed by atoms with E-state index in [4.69, 9.17) is 9.84 Å². The summed E-state index contributed by atoms with van der Waals surface area (Å²) in [7, 11) is 0. The Kier molecular flexibility index (Phi) is 5.79. The monoisotopic (exact) mass is 286 g/mol. The van der Waals surface area contributed by atoms with Crippen LogP contribution in [0.25, 0.3) is 0 Å². The molecule has 20 heavy (non-hydrogen) atoms. The zero-order valence-electron chi connectivity index (χ0n) is 12.2. The molecule has 0 radical (unpaired) electrons. The fourth-order valence-electron chi connectivity index (χ4n) is 2.10. The third kappa shape index (κ3) is 4.40. The van der Waals surface area contributed by atoms with Crippen LogP contribution in [-0.2, 0) is 14.3 Å². The van der Waals surface area contributed by atoms with Crippen LogP contribution in [0.15, 0.2) is 0 Å². The van der Waals surface area contributed by atoms with Crippen molar-refractivity contribution >= 4 is 18.0 Å². The van der Waals surface area contributed by atoms with Crippen molar-refractivity contribution in [1.29, 1.82) is 0 Å². The molecular weight excluding hydrogens is 264 g/mol. The minimum absolute atomic E-state index is 0.00746. The fourth-order valence-corrected chi connectivity index (χ4v) is 2.10. The number of carbonyl (C=O) groups excluding carboxylic acids is 2. The van der Waals surface area contributed by atoms with Gasteiger partial charge in [-0.2, -0.15) is 0 Å². The van der Waals surface area contributed by atoms with Crippen molar-refractivity contribution in [3.63, 3.8) is 0 Å². The number of carbonyl (C=O) groups is 3. The quantitative estimate of drug-likeness (QED) is 0.729. The maximum absolute atomic E-state index is 12.2. The van der Waals surface area contributed by atoms with Gasteiger partial charge in [0.2, 0.25) is 0 Å². The summed E-state index contributed by atoms with van der Waals surface area (Å²) < 4.78 is 4.85. The normalized spacial score (nSPS) is 14.9. The Balaban J connectivity index is 2.50. The van der Waals surface area contributed by atoms with Crippen LogP contribution >= 0.6 is 0 Å². The fraction of sp³-hybridized carbons (Fsp3) is 0.769. The number of hydrogen-bond donors (Lipinski definition) is 1. The second-order valence-corrected chi connectivity index (χ2v) is 5.18. The molecule has 0 saturated carbocycles. The first-order chi connectivity index (χ1) is 9.35. The Morgan fingerprint density at radius 3 is 2.40 bits per heavy atom. The lowest BCUT2D eigenvalue weighted by Crippen LogP contribution is -2.57. The molecule has 0 aliphatic carbocycles. The second kappa shape index (κ2) is 7.12. The summed E-state index contributed by atoms with van der Waals surface area (Å²) in [4.78, 5) is 37.3. The molecule has 1 saturated heterocycles. The zero-order chi connectivity index (χ0) is 15.3. The van der Waals surface area contributed by atoms with Crippen molar-refractivity contribution in [2.75, 3.05) is 26.2 Å². The van der Waals surface area contributed by atoms with E-state index in [0.717, 1.165) is 0 Å². The summed E-state index contributed by atoms with van der Waals surface area (Å²) in [5.74, 6) is -1.28. The largest absolute Gasteiger partial charge is 0.481 e. The van der Waals surface area contributed by atoms with Gasteiger partial charge in [0, 0.05) is 25.0 Å². The summed E-state index contributed by atoms with van der Waals surface area (Å²) in [5, 5.41) is 8.67. The highest BCUT2D eigenvalue weighted by atomic mass is 16.5. The van der Waals surface area contributed by atoms with Gasteiger partial charge in [0.15, 0.2) is 0 Å². The molecule has 1 aliphatic heterocycles. The van der Waals surface area contributed by atoms with Crippen molar-refractivity contribution in [1.82, 2.24) is 9.80 Å². The van der Waals surface area contributed by atoms with E-state index in [0.29, 0.717) is 13.1 Å². The van der Waals surface area contributed by atoms with E-state index in [-0.39, 0.29) is 37.6 Å². The van der Waals surface area contributed by atoms with E-state index in [2.05, 4.69) is 0 Å². The van der Waals surface area contributed by atoms with Crippen LogP contribution in [0, 0.1) is 5.92 Å². The molecular formula is C13H22N2O5. The van der Waals surface area contributed by atoms with Crippen LogP contribution in [-0.4, -0.2) is 65.2 Å². The summed E-state index contributed by atoms with van der Waals surface area (Å²) in [6, 6.07) is -0.361. The van der Waals surface area contributed by atoms with Gasteiger partial charge in [0.1, 0.15) is 6.54 Å². The Hall–Kier alpha value is -1.79. The van der Waals surface area contributed by atoms with Crippen molar-refractivity contribution in [2.45, 2.75) is 33.2 Å². The maximum Gasteiger partial charge on any atom is 0.325 e. The molecule has 1 N–H and O–H groups in total. The molecule has 0 aromatic carbocycles. The van der Waals surface area contributed by atoms with Gasteiger partial charge in [-0.25, -0.2) is 4.79 Å². The number of likely N-dealkylation sites (tertiary alicyclic amines) is 1. The van der Waals surface area contributed by atoms with Gasteiger partial charge in [-0.1, -0.05) is 0 Å². The summed E-state index contributed by atoms with van der Waals surface area (Å²) in [5.41, 5.74) is 0. The Labute approximate surface area is 118 Å². The van der Waals surface area contributed by atoms with E-state index >= 15 is 0 Å². The molecule has 0 aromatic heterocycles. The van der Waals surface area contributed by atoms with Gasteiger partial charge in [-0.05, 0) is 20.8 Å². The summed E-state index contributed by atoms with van der Waals surface area (Å²) in [6.07, 6.45) is 0.0728. The number of carboxylic acid groups (broad SMARTS) is 1. The first kappa shape index (κ1) is 16.3. The maximum atomic E-state index is 12.2. The first-order valence-corrected chi connectivity index (χ1v) is 6.78. The average molecular weight is 286 g/mol. The molecule has 7 heteroatoms. The highest BCUT2D eigenvalue weighted by Crippen LogP contribution is 2.21. The lowest BCUT2D eigenvalue weighted by atomic mass is 9.97. The van der Waals surface area contributed by atoms with Gasteiger partial charge in [-0.15, -0.1) is 0 Å². The molecule has 0 atom stereocenters. The van der Waals surface area contributed by atoms with Gasteiger partial charge < -0.3 is 19.6 Å². The number of nitrogens with zero attached hydrogens (tertiary/aromatic N) is 2. The summed E-state index contributed by atoms with van der Waals surface area (Å²) in [6.45, 7) is 6.42. The zero-order valence-corrected chi connectivity index (χ0v) is 12.2. The molecule has 0 aromatic rings. The number of ether oxygens (including phenoxy) is 1. The predicted octanol–water partition coefficient (Wildman–Crippen LogP) is 0.786. The molecule has 0 bridgehead atoms. The van der Waals surface area contributed by atoms with E-state index in [1.165, 1.54) is 4.90 Å². The second-order valence-electron chi connectivity index (χ2n) is 5.18. The number of carboxylic acids is 1. The topological polar surface area (TPSA) is 87.2 Å². The number of rotatable bonds is 6. The minimum atomic E-state index is -0.852. The highest BCUT2D eigenvalue weighted by molar-refractivity contribution is 5.82.